The number of halogens is 1. The first-order valence-corrected chi connectivity index (χ1v) is 4.54. The van der Waals surface area contributed by atoms with Crippen molar-refractivity contribution in [2.45, 2.75) is 30.2 Å². The van der Waals surface area contributed by atoms with Gasteiger partial charge in [-0.05, 0) is 24.7 Å². The normalized spacial score (nSPS) is 56.7. The summed E-state index contributed by atoms with van der Waals surface area (Å²) in [5.41, 5.74) is 0. The van der Waals surface area contributed by atoms with Gasteiger partial charge in [-0.25, -0.2) is 0 Å². The van der Waals surface area contributed by atoms with Crippen LogP contribution in [-0.4, -0.2) is 16.0 Å². The van der Waals surface area contributed by atoms with Crippen molar-refractivity contribution in [1.29, 1.82) is 0 Å². The molecule has 52 valence electrons. The first-order chi connectivity index (χ1) is 4.30. The summed E-state index contributed by atoms with van der Waals surface area (Å²) in [6.45, 7) is 0. The molecule has 0 spiro atoms. The molecule has 3 aliphatic rings. The largest absolute Gasteiger partial charge is 0.392 e. The first kappa shape index (κ1) is 6.17. The Hall–Kier alpha value is 0.440. The molecule has 0 heterocycles. The maximum atomic E-state index is 9.37. The van der Waals surface area contributed by atoms with Crippen LogP contribution in [0.25, 0.3) is 0 Å². The minimum Gasteiger partial charge on any atom is -0.392 e. The number of fused-ring (bicyclic) bond motifs is 2. The fourth-order valence-corrected chi connectivity index (χ4v) is 3.27. The standard InChI is InChI=1S/C7H11BrO/c8-6-4-2-1-3-5(6)7(4)9/h4-7,9H,1-3H2/t4-,5+,6?,7?. The predicted molar refractivity (Wildman–Crippen MR) is 39.6 cm³/mol. The molecule has 0 amide bonds. The van der Waals surface area contributed by atoms with Gasteiger partial charge in [0.05, 0.1) is 6.10 Å². The van der Waals surface area contributed by atoms with Crippen LogP contribution in [0.3, 0.4) is 0 Å². The third-order valence-corrected chi connectivity index (χ3v) is 4.13. The maximum Gasteiger partial charge on any atom is 0.0618 e. The first-order valence-electron chi connectivity index (χ1n) is 3.63. The van der Waals surface area contributed by atoms with E-state index in [4.69, 9.17) is 0 Å². The van der Waals surface area contributed by atoms with Crippen LogP contribution in [0.4, 0.5) is 0 Å². The van der Waals surface area contributed by atoms with Crippen molar-refractivity contribution >= 4 is 15.9 Å². The van der Waals surface area contributed by atoms with Gasteiger partial charge in [0.1, 0.15) is 0 Å². The van der Waals surface area contributed by atoms with Crippen molar-refractivity contribution in [3.63, 3.8) is 0 Å². The van der Waals surface area contributed by atoms with E-state index in [0.717, 1.165) is 0 Å². The number of rotatable bonds is 0. The van der Waals surface area contributed by atoms with Gasteiger partial charge in [-0.2, -0.15) is 0 Å². The van der Waals surface area contributed by atoms with Crippen LogP contribution in [0, 0.1) is 11.8 Å². The molecular weight excluding hydrogens is 180 g/mol. The molecule has 2 bridgehead atoms. The molecule has 4 atom stereocenters. The summed E-state index contributed by atoms with van der Waals surface area (Å²) in [6, 6.07) is 0. The molecule has 0 aromatic carbocycles. The number of aliphatic hydroxyl groups is 1. The molecule has 9 heavy (non-hydrogen) atoms. The second-order valence-electron chi connectivity index (χ2n) is 3.19. The zero-order valence-corrected chi connectivity index (χ0v) is 6.84. The van der Waals surface area contributed by atoms with Gasteiger partial charge in [-0.1, -0.05) is 22.4 Å². The van der Waals surface area contributed by atoms with Crippen molar-refractivity contribution in [1.82, 2.24) is 0 Å². The summed E-state index contributed by atoms with van der Waals surface area (Å²) in [7, 11) is 0. The predicted octanol–water partition coefficient (Wildman–Crippen LogP) is 1.54. The molecule has 1 N–H and O–H groups in total. The summed E-state index contributed by atoms with van der Waals surface area (Å²) < 4.78 is 0. The van der Waals surface area contributed by atoms with Crippen LogP contribution in [0.1, 0.15) is 19.3 Å². The lowest BCUT2D eigenvalue weighted by molar-refractivity contribution is -0.0646. The fraction of sp³-hybridized carbons (Fsp3) is 1.00. The van der Waals surface area contributed by atoms with Crippen LogP contribution in [0.2, 0.25) is 0 Å². The van der Waals surface area contributed by atoms with E-state index in [9.17, 15) is 5.11 Å². The lowest BCUT2D eigenvalue weighted by Gasteiger charge is -2.51. The summed E-state index contributed by atoms with van der Waals surface area (Å²) in [5, 5.41) is 9.37. The van der Waals surface area contributed by atoms with Crippen molar-refractivity contribution in [3.8, 4) is 0 Å². The average molecular weight is 191 g/mol. The van der Waals surface area contributed by atoms with Gasteiger partial charge in [0, 0.05) is 4.83 Å². The van der Waals surface area contributed by atoms with E-state index in [1.54, 1.807) is 0 Å². The molecule has 3 fully saturated rings. The minimum absolute atomic E-state index is 0.0307. The molecule has 2 heteroatoms. The Labute approximate surface area is 63.6 Å². The van der Waals surface area contributed by atoms with E-state index in [0.29, 0.717) is 16.7 Å². The van der Waals surface area contributed by atoms with Crippen LogP contribution < -0.4 is 0 Å². The Balaban J connectivity index is 2.08. The van der Waals surface area contributed by atoms with Gasteiger partial charge in [0.15, 0.2) is 0 Å². The molecule has 0 aliphatic heterocycles. The number of hydrogen-bond acceptors (Lipinski definition) is 1. The van der Waals surface area contributed by atoms with E-state index in [2.05, 4.69) is 15.9 Å². The van der Waals surface area contributed by atoms with E-state index in [1.165, 1.54) is 19.3 Å². The van der Waals surface area contributed by atoms with Crippen molar-refractivity contribution in [2.75, 3.05) is 0 Å². The van der Waals surface area contributed by atoms with Gasteiger partial charge in [-0.15, -0.1) is 0 Å². The number of alkyl halides is 1. The molecular formula is C7H11BrO. The fourth-order valence-electron chi connectivity index (χ4n) is 2.12. The summed E-state index contributed by atoms with van der Waals surface area (Å²) in [5.74, 6) is 1.17. The van der Waals surface area contributed by atoms with E-state index in [-0.39, 0.29) is 6.10 Å². The Morgan fingerprint density at radius 3 is 2.00 bits per heavy atom. The number of hydrogen-bond donors (Lipinski definition) is 1. The highest BCUT2D eigenvalue weighted by atomic mass is 79.9. The van der Waals surface area contributed by atoms with Crippen molar-refractivity contribution in [3.05, 3.63) is 0 Å². The minimum atomic E-state index is 0.0307. The maximum absolute atomic E-state index is 9.37. The Kier molecular flexibility index (Phi) is 1.34. The topological polar surface area (TPSA) is 20.2 Å². The Bertz CT molecular complexity index is 104. The quantitative estimate of drug-likeness (QED) is 0.576. The third kappa shape index (κ3) is 0.695. The second-order valence-corrected chi connectivity index (χ2v) is 4.25. The highest BCUT2D eigenvalue weighted by Gasteiger charge is 2.50. The van der Waals surface area contributed by atoms with E-state index < -0.39 is 0 Å². The lowest BCUT2D eigenvalue weighted by Crippen LogP contribution is -2.54. The number of aliphatic hydroxyl groups excluding tert-OH is 1. The van der Waals surface area contributed by atoms with Crippen LogP contribution in [-0.2, 0) is 0 Å². The summed E-state index contributed by atoms with van der Waals surface area (Å²) in [6.07, 6.45) is 3.82. The molecule has 2 unspecified atom stereocenters. The SMILES string of the molecule is OC1[C@H]2CCC[C@@H]1C2Br. The molecule has 1 nitrogen and oxygen atoms in total. The molecule has 0 aromatic rings. The molecule has 3 rings (SSSR count). The molecule has 3 aliphatic carbocycles. The smallest absolute Gasteiger partial charge is 0.0618 e. The highest BCUT2D eigenvalue weighted by Crippen LogP contribution is 2.49. The summed E-state index contributed by atoms with van der Waals surface area (Å²) >= 11 is 3.58. The Morgan fingerprint density at radius 1 is 1.22 bits per heavy atom. The highest BCUT2D eigenvalue weighted by molar-refractivity contribution is 9.09. The third-order valence-electron chi connectivity index (χ3n) is 2.77. The van der Waals surface area contributed by atoms with Crippen LogP contribution in [0.5, 0.6) is 0 Å². The summed E-state index contributed by atoms with van der Waals surface area (Å²) in [4.78, 5) is 0.640. The van der Waals surface area contributed by atoms with E-state index in [1.807, 2.05) is 0 Å². The molecule has 0 saturated heterocycles. The van der Waals surface area contributed by atoms with Gasteiger partial charge in [0.25, 0.3) is 0 Å². The van der Waals surface area contributed by atoms with Gasteiger partial charge in [0.2, 0.25) is 0 Å². The van der Waals surface area contributed by atoms with Crippen LogP contribution in [0.15, 0.2) is 0 Å². The zero-order chi connectivity index (χ0) is 6.43. The zero-order valence-electron chi connectivity index (χ0n) is 5.26. The van der Waals surface area contributed by atoms with Crippen molar-refractivity contribution in [2.24, 2.45) is 11.8 Å². The van der Waals surface area contributed by atoms with Gasteiger partial charge >= 0.3 is 0 Å². The van der Waals surface area contributed by atoms with E-state index >= 15 is 0 Å². The van der Waals surface area contributed by atoms with Crippen LogP contribution >= 0.6 is 15.9 Å². The van der Waals surface area contributed by atoms with Gasteiger partial charge in [-0.3, -0.25) is 0 Å². The van der Waals surface area contributed by atoms with Gasteiger partial charge < -0.3 is 5.11 Å². The monoisotopic (exact) mass is 190 g/mol. The molecule has 0 radical (unpaired) electrons. The average Bonchev–Trinajstić information content (AvgIpc) is 1.91. The second kappa shape index (κ2) is 1.96. The van der Waals surface area contributed by atoms with Crippen molar-refractivity contribution < 1.29 is 5.11 Å². The molecule has 3 saturated carbocycles. The lowest BCUT2D eigenvalue weighted by atomic mass is 9.63. The Morgan fingerprint density at radius 2 is 1.78 bits per heavy atom. The molecule has 0 aromatic heterocycles.